The second-order valence-electron chi connectivity index (χ2n) is 6.49. The van der Waals surface area contributed by atoms with Crippen molar-refractivity contribution in [3.05, 3.63) is 0 Å². The highest BCUT2D eigenvalue weighted by atomic mass is 16.6. The average Bonchev–Trinajstić information content (AvgIpc) is 2.72. The highest BCUT2D eigenvalue weighted by molar-refractivity contribution is 5.85. The Kier molecular flexibility index (Phi) is 16.2. The molecule has 1 N–H and O–H groups in total. The zero-order chi connectivity index (χ0) is 23.6. The highest BCUT2D eigenvalue weighted by Gasteiger charge is 2.28. The van der Waals surface area contributed by atoms with Crippen molar-refractivity contribution in [3.63, 3.8) is 0 Å². The second-order valence-corrected chi connectivity index (χ2v) is 6.49. The Bertz CT molecular complexity index is 549. The van der Waals surface area contributed by atoms with Gasteiger partial charge in [0.05, 0.1) is 19.6 Å². The van der Waals surface area contributed by atoms with Gasteiger partial charge >= 0.3 is 23.9 Å². The van der Waals surface area contributed by atoms with Crippen molar-refractivity contribution in [1.82, 2.24) is 0 Å². The minimum atomic E-state index is -1.87. The van der Waals surface area contributed by atoms with E-state index in [1.165, 1.54) is 13.8 Å². The number of ether oxygens (including phenoxy) is 6. The fraction of sp³-hybridized carbons (Fsp3) is 0.800. The third kappa shape index (κ3) is 14.4. The zero-order valence-corrected chi connectivity index (χ0v) is 18.6. The first-order valence-electron chi connectivity index (χ1n) is 10.3. The van der Waals surface area contributed by atoms with Gasteiger partial charge in [0.15, 0.2) is 18.3 Å². The molecule has 0 aliphatic heterocycles. The number of aliphatic hydroxyl groups is 1. The Hall–Kier alpha value is -2.24. The highest BCUT2D eigenvalue weighted by Crippen LogP contribution is 2.05. The van der Waals surface area contributed by atoms with Crippen LogP contribution in [0.15, 0.2) is 0 Å². The first kappa shape index (κ1) is 28.8. The summed E-state index contributed by atoms with van der Waals surface area (Å²) in [6.07, 6.45) is -3.49. The van der Waals surface area contributed by atoms with Gasteiger partial charge in [-0.3, -0.25) is 4.79 Å². The number of esters is 4. The molecule has 11 heteroatoms. The number of rotatable bonds is 17. The lowest BCUT2D eigenvalue weighted by molar-refractivity contribution is -0.176. The van der Waals surface area contributed by atoms with Crippen LogP contribution in [0.1, 0.15) is 47.0 Å². The fourth-order valence-corrected chi connectivity index (χ4v) is 1.97. The van der Waals surface area contributed by atoms with Gasteiger partial charge in [0.2, 0.25) is 0 Å². The van der Waals surface area contributed by atoms with Gasteiger partial charge < -0.3 is 33.5 Å². The summed E-state index contributed by atoms with van der Waals surface area (Å²) < 4.78 is 29.6. The third-order valence-electron chi connectivity index (χ3n) is 3.54. The Balaban J connectivity index is 4.18. The van der Waals surface area contributed by atoms with Crippen LogP contribution < -0.4 is 0 Å². The molecule has 31 heavy (non-hydrogen) atoms. The van der Waals surface area contributed by atoms with Gasteiger partial charge in [-0.05, 0) is 26.7 Å². The maximum Gasteiger partial charge on any atom is 0.347 e. The second kappa shape index (κ2) is 17.4. The number of hydrogen-bond donors (Lipinski definition) is 1. The molecular formula is C20H34O11. The summed E-state index contributed by atoms with van der Waals surface area (Å²) in [6.45, 7) is 7.94. The van der Waals surface area contributed by atoms with Crippen LogP contribution in [-0.4, -0.2) is 86.9 Å². The van der Waals surface area contributed by atoms with E-state index in [9.17, 15) is 24.3 Å². The predicted molar refractivity (Wildman–Crippen MR) is 106 cm³/mol. The van der Waals surface area contributed by atoms with E-state index in [0.717, 1.165) is 12.8 Å². The Morgan fingerprint density at radius 2 is 1.13 bits per heavy atom. The molecular weight excluding hydrogens is 416 g/mol. The summed E-state index contributed by atoms with van der Waals surface area (Å²) in [6, 6.07) is 0. The first-order valence-corrected chi connectivity index (χ1v) is 10.3. The molecule has 0 rings (SSSR count). The van der Waals surface area contributed by atoms with E-state index in [-0.39, 0.29) is 26.4 Å². The summed E-state index contributed by atoms with van der Waals surface area (Å²) in [5.74, 6) is -3.82. The van der Waals surface area contributed by atoms with Crippen molar-refractivity contribution in [3.8, 4) is 0 Å². The van der Waals surface area contributed by atoms with Crippen LogP contribution in [0.25, 0.3) is 0 Å². The topological polar surface area (TPSA) is 144 Å². The fourth-order valence-electron chi connectivity index (χ4n) is 1.97. The molecule has 3 atom stereocenters. The van der Waals surface area contributed by atoms with Gasteiger partial charge in [-0.1, -0.05) is 13.8 Å². The van der Waals surface area contributed by atoms with Crippen LogP contribution in [0.2, 0.25) is 0 Å². The normalized spacial score (nSPS) is 13.6. The molecule has 0 fully saturated rings. The molecule has 0 radical (unpaired) electrons. The molecule has 0 aromatic heterocycles. The van der Waals surface area contributed by atoms with Gasteiger partial charge in [0.25, 0.3) is 0 Å². The number of hydrogen-bond acceptors (Lipinski definition) is 11. The first-order chi connectivity index (χ1) is 14.7. The van der Waals surface area contributed by atoms with Gasteiger partial charge in [-0.15, -0.1) is 0 Å². The largest absolute Gasteiger partial charge is 0.461 e. The van der Waals surface area contributed by atoms with Crippen molar-refractivity contribution in [2.45, 2.75) is 65.3 Å². The van der Waals surface area contributed by atoms with Crippen molar-refractivity contribution in [2.75, 3.05) is 39.6 Å². The van der Waals surface area contributed by atoms with Crippen molar-refractivity contribution in [2.24, 2.45) is 0 Å². The van der Waals surface area contributed by atoms with Crippen molar-refractivity contribution < 1.29 is 52.7 Å². The lowest BCUT2D eigenvalue weighted by atomic mass is 10.2. The molecule has 0 saturated heterocycles. The van der Waals surface area contributed by atoms with Crippen LogP contribution >= 0.6 is 0 Å². The summed E-state index contributed by atoms with van der Waals surface area (Å²) in [5, 5.41) is 9.79. The number of aliphatic hydroxyl groups excluding tert-OH is 1. The smallest absolute Gasteiger partial charge is 0.347 e. The maximum atomic E-state index is 11.8. The van der Waals surface area contributed by atoms with Gasteiger partial charge in [0.1, 0.15) is 13.2 Å². The van der Waals surface area contributed by atoms with E-state index >= 15 is 0 Å². The zero-order valence-electron chi connectivity index (χ0n) is 18.6. The van der Waals surface area contributed by atoms with E-state index in [4.69, 9.17) is 28.4 Å². The Labute approximate surface area is 182 Å². The predicted octanol–water partition coefficient (Wildman–Crippen LogP) is 0.540. The molecule has 3 unspecified atom stereocenters. The molecule has 0 saturated carbocycles. The summed E-state index contributed by atoms with van der Waals surface area (Å²) in [5.41, 5.74) is 0. The number of carbonyl (C=O) groups excluding carboxylic acids is 4. The lowest BCUT2D eigenvalue weighted by Gasteiger charge is -2.16. The SMILES string of the molecule is CCCOCCOC(=O)C(C)OC(=O)CC(O)C(=O)OC(C)C(=O)OCCOCCC. The van der Waals surface area contributed by atoms with E-state index in [0.29, 0.717) is 13.2 Å². The molecule has 180 valence electrons. The van der Waals surface area contributed by atoms with Crippen molar-refractivity contribution in [1.29, 1.82) is 0 Å². The quantitative estimate of drug-likeness (QED) is 0.188. The molecule has 0 spiro atoms. The van der Waals surface area contributed by atoms with E-state index in [1.807, 2.05) is 13.8 Å². The Morgan fingerprint density at radius 3 is 1.58 bits per heavy atom. The lowest BCUT2D eigenvalue weighted by Crippen LogP contribution is -2.35. The van der Waals surface area contributed by atoms with E-state index < -0.39 is 48.6 Å². The van der Waals surface area contributed by atoms with Crippen LogP contribution in [0.5, 0.6) is 0 Å². The van der Waals surface area contributed by atoms with E-state index in [2.05, 4.69) is 0 Å². The van der Waals surface area contributed by atoms with Gasteiger partial charge in [-0.25, -0.2) is 14.4 Å². The number of carbonyl (C=O) groups is 4. The summed E-state index contributed by atoms with van der Waals surface area (Å²) >= 11 is 0. The third-order valence-corrected chi connectivity index (χ3v) is 3.54. The molecule has 0 aromatic carbocycles. The summed E-state index contributed by atoms with van der Waals surface area (Å²) in [7, 11) is 0. The summed E-state index contributed by atoms with van der Waals surface area (Å²) in [4.78, 5) is 47.1. The molecule has 0 aliphatic rings. The molecule has 0 bridgehead atoms. The molecule has 0 heterocycles. The standard InChI is InChI=1S/C20H34O11/c1-5-7-26-9-11-28-18(23)14(3)30-17(22)13-16(21)20(25)31-15(4)19(24)29-12-10-27-8-6-2/h14-16,21H,5-13H2,1-4H3. The van der Waals surface area contributed by atoms with Gasteiger partial charge in [-0.2, -0.15) is 0 Å². The Morgan fingerprint density at radius 1 is 0.677 bits per heavy atom. The monoisotopic (exact) mass is 450 g/mol. The molecule has 0 aromatic rings. The maximum absolute atomic E-state index is 11.8. The minimum Gasteiger partial charge on any atom is -0.461 e. The minimum absolute atomic E-state index is 0.00563. The van der Waals surface area contributed by atoms with Crippen LogP contribution in [0, 0.1) is 0 Å². The van der Waals surface area contributed by atoms with Gasteiger partial charge in [0, 0.05) is 13.2 Å². The molecule has 0 aliphatic carbocycles. The van der Waals surface area contributed by atoms with Crippen molar-refractivity contribution >= 4 is 23.9 Å². The van der Waals surface area contributed by atoms with E-state index in [1.54, 1.807) is 0 Å². The van der Waals surface area contributed by atoms with Crippen LogP contribution in [0.4, 0.5) is 0 Å². The molecule has 0 amide bonds. The average molecular weight is 450 g/mol. The molecule has 11 nitrogen and oxygen atoms in total. The van der Waals surface area contributed by atoms with Crippen LogP contribution in [-0.2, 0) is 47.6 Å². The van der Waals surface area contributed by atoms with Crippen LogP contribution in [0.3, 0.4) is 0 Å².